The quantitative estimate of drug-likeness (QED) is 0.463. The standard InChI is InChI=1S/C24H25FN6O/c1-18-8-10-19(11-9-18)23(24-26-27-28-31(24)17-20-5-4-16-32-20)30-14-12-29(13-15-30)22-7-3-2-6-21(22)25/h2-11,16,23H,12-15,17H2,1H3/t23-/m0/s1. The Kier molecular flexibility index (Phi) is 5.68. The monoisotopic (exact) mass is 432 g/mol. The first-order valence-corrected chi connectivity index (χ1v) is 10.8. The number of furan rings is 1. The van der Waals surface area contributed by atoms with Crippen LogP contribution in [0.2, 0.25) is 0 Å². The van der Waals surface area contributed by atoms with Gasteiger partial charge in [-0.15, -0.1) is 5.10 Å². The predicted octanol–water partition coefficient (Wildman–Crippen LogP) is 3.67. The molecule has 1 aliphatic rings. The summed E-state index contributed by atoms with van der Waals surface area (Å²) in [4.78, 5) is 4.47. The Balaban J connectivity index is 1.43. The molecule has 0 N–H and O–H groups in total. The third-order valence-corrected chi connectivity index (χ3v) is 5.96. The highest BCUT2D eigenvalue weighted by atomic mass is 19.1. The first-order chi connectivity index (χ1) is 15.7. The summed E-state index contributed by atoms with van der Waals surface area (Å²) in [7, 11) is 0. The van der Waals surface area contributed by atoms with Crippen molar-refractivity contribution in [2.75, 3.05) is 31.1 Å². The van der Waals surface area contributed by atoms with Gasteiger partial charge >= 0.3 is 0 Å². The van der Waals surface area contributed by atoms with Crippen LogP contribution in [-0.4, -0.2) is 51.3 Å². The van der Waals surface area contributed by atoms with Gasteiger partial charge in [0.05, 0.1) is 18.0 Å². The molecule has 0 aliphatic carbocycles. The molecule has 4 aromatic rings. The molecule has 32 heavy (non-hydrogen) atoms. The average Bonchev–Trinajstić information content (AvgIpc) is 3.49. The lowest BCUT2D eigenvalue weighted by molar-refractivity contribution is 0.200. The number of nitrogens with zero attached hydrogens (tertiary/aromatic N) is 6. The predicted molar refractivity (Wildman–Crippen MR) is 119 cm³/mol. The molecule has 0 saturated carbocycles. The van der Waals surface area contributed by atoms with Crippen molar-refractivity contribution in [1.29, 1.82) is 0 Å². The van der Waals surface area contributed by atoms with E-state index in [9.17, 15) is 4.39 Å². The molecule has 1 aliphatic heterocycles. The third kappa shape index (κ3) is 4.13. The molecule has 1 fully saturated rings. The maximum atomic E-state index is 14.3. The zero-order valence-corrected chi connectivity index (χ0v) is 17.9. The Hall–Kier alpha value is -3.52. The number of aryl methyl sites for hydroxylation is 1. The number of para-hydroxylation sites is 1. The number of hydrogen-bond donors (Lipinski definition) is 0. The van der Waals surface area contributed by atoms with Crippen molar-refractivity contribution in [2.45, 2.75) is 19.5 Å². The van der Waals surface area contributed by atoms with Gasteiger partial charge in [0.15, 0.2) is 5.82 Å². The Morgan fingerprint density at radius 1 is 0.969 bits per heavy atom. The molecule has 5 rings (SSSR count). The number of anilines is 1. The summed E-state index contributed by atoms with van der Waals surface area (Å²) in [6, 6.07) is 19.1. The summed E-state index contributed by atoms with van der Waals surface area (Å²) in [5, 5.41) is 12.6. The molecule has 0 spiro atoms. The molecule has 3 heterocycles. The molecule has 8 heteroatoms. The van der Waals surface area contributed by atoms with Crippen molar-refractivity contribution >= 4 is 5.69 Å². The van der Waals surface area contributed by atoms with Crippen molar-refractivity contribution < 1.29 is 8.81 Å². The zero-order valence-electron chi connectivity index (χ0n) is 17.9. The first-order valence-electron chi connectivity index (χ1n) is 10.8. The lowest BCUT2D eigenvalue weighted by Gasteiger charge is -2.40. The number of piperazine rings is 1. The molecule has 164 valence electrons. The van der Waals surface area contributed by atoms with E-state index in [4.69, 9.17) is 4.42 Å². The highest BCUT2D eigenvalue weighted by molar-refractivity contribution is 5.48. The summed E-state index contributed by atoms with van der Waals surface area (Å²) in [6.45, 7) is 5.52. The van der Waals surface area contributed by atoms with Crippen molar-refractivity contribution in [2.24, 2.45) is 0 Å². The number of aromatic nitrogens is 4. The molecule has 1 atom stereocenters. The zero-order chi connectivity index (χ0) is 21.9. The molecule has 2 aromatic carbocycles. The van der Waals surface area contributed by atoms with Crippen LogP contribution in [-0.2, 0) is 6.54 Å². The fourth-order valence-electron chi connectivity index (χ4n) is 4.27. The Labute approximate surface area is 186 Å². The summed E-state index contributed by atoms with van der Waals surface area (Å²) in [5.41, 5.74) is 2.99. The van der Waals surface area contributed by atoms with E-state index >= 15 is 0 Å². The van der Waals surface area contributed by atoms with Crippen LogP contribution in [0.15, 0.2) is 71.3 Å². The van der Waals surface area contributed by atoms with E-state index in [1.807, 2.05) is 24.3 Å². The minimum Gasteiger partial charge on any atom is -0.467 e. The van der Waals surface area contributed by atoms with Gasteiger partial charge in [-0.25, -0.2) is 9.07 Å². The minimum absolute atomic E-state index is 0.108. The van der Waals surface area contributed by atoms with Crippen LogP contribution in [0.5, 0.6) is 0 Å². The van der Waals surface area contributed by atoms with E-state index in [-0.39, 0.29) is 11.9 Å². The van der Waals surface area contributed by atoms with Gasteiger partial charge in [-0.05, 0) is 47.2 Å². The largest absolute Gasteiger partial charge is 0.467 e. The van der Waals surface area contributed by atoms with Crippen molar-refractivity contribution in [1.82, 2.24) is 25.1 Å². The Bertz CT molecular complexity index is 1150. The third-order valence-electron chi connectivity index (χ3n) is 5.96. The van der Waals surface area contributed by atoms with Gasteiger partial charge in [0.1, 0.15) is 18.1 Å². The lowest BCUT2D eigenvalue weighted by atomic mass is 10.0. The van der Waals surface area contributed by atoms with Gasteiger partial charge in [-0.3, -0.25) is 4.90 Å². The van der Waals surface area contributed by atoms with Gasteiger partial charge in [0.25, 0.3) is 0 Å². The molecule has 1 saturated heterocycles. The van der Waals surface area contributed by atoms with Crippen LogP contribution in [0.3, 0.4) is 0 Å². The van der Waals surface area contributed by atoms with Crippen LogP contribution < -0.4 is 4.90 Å². The molecule has 0 unspecified atom stereocenters. The Morgan fingerprint density at radius 3 is 2.47 bits per heavy atom. The molecule has 0 amide bonds. The van der Waals surface area contributed by atoms with Crippen LogP contribution in [0, 0.1) is 12.7 Å². The lowest BCUT2D eigenvalue weighted by Crippen LogP contribution is -2.48. The van der Waals surface area contributed by atoms with Gasteiger partial charge in [-0.1, -0.05) is 42.0 Å². The summed E-state index contributed by atoms with van der Waals surface area (Å²) in [6.07, 6.45) is 1.65. The number of tetrazole rings is 1. The second-order valence-electron chi connectivity index (χ2n) is 8.06. The molecule has 0 radical (unpaired) electrons. The number of hydrogen-bond acceptors (Lipinski definition) is 6. The topological polar surface area (TPSA) is 63.2 Å². The van der Waals surface area contributed by atoms with E-state index in [2.05, 4.69) is 56.5 Å². The average molecular weight is 433 g/mol. The normalized spacial score (nSPS) is 15.8. The van der Waals surface area contributed by atoms with E-state index < -0.39 is 0 Å². The first kappa shape index (κ1) is 20.4. The maximum Gasteiger partial charge on any atom is 0.173 e. The second kappa shape index (κ2) is 8.92. The second-order valence-corrected chi connectivity index (χ2v) is 8.06. The SMILES string of the molecule is Cc1ccc([C@@H](c2nnnn2Cc2ccco2)N2CCN(c3ccccc3F)CC2)cc1. The molecular formula is C24H25FN6O. The summed E-state index contributed by atoms with van der Waals surface area (Å²) < 4.78 is 21.6. The maximum absolute atomic E-state index is 14.3. The summed E-state index contributed by atoms with van der Waals surface area (Å²) in [5.74, 6) is 1.38. The van der Waals surface area contributed by atoms with Crippen LogP contribution in [0.1, 0.15) is 28.8 Å². The molecule has 2 aromatic heterocycles. The molecule has 7 nitrogen and oxygen atoms in total. The molecular weight excluding hydrogens is 407 g/mol. The number of rotatable bonds is 6. The van der Waals surface area contributed by atoms with Crippen molar-refractivity contribution in [3.63, 3.8) is 0 Å². The van der Waals surface area contributed by atoms with Gasteiger partial charge in [-0.2, -0.15) is 0 Å². The fourth-order valence-corrected chi connectivity index (χ4v) is 4.27. The van der Waals surface area contributed by atoms with Gasteiger partial charge < -0.3 is 9.32 Å². The summed E-state index contributed by atoms with van der Waals surface area (Å²) >= 11 is 0. The highest BCUT2D eigenvalue weighted by Crippen LogP contribution is 2.30. The van der Waals surface area contributed by atoms with Gasteiger partial charge in [0, 0.05) is 26.2 Å². The van der Waals surface area contributed by atoms with E-state index in [1.165, 1.54) is 11.6 Å². The van der Waals surface area contributed by atoms with Crippen molar-refractivity contribution in [3.8, 4) is 0 Å². The number of halogens is 1. The van der Waals surface area contributed by atoms with E-state index in [1.54, 1.807) is 17.0 Å². The minimum atomic E-state index is -0.182. The van der Waals surface area contributed by atoms with Crippen LogP contribution >= 0.6 is 0 Å². The fraction of sp³-hybridized carbons (Fsp3) is 0.292. The van der Waals surface area contributed by atoms with Crippen molar-refractivity contribution in [3.05, 3.63) is 95.5 Å². The van der Waals surface area contributed by atoms with Crippen LogP contribution in [0.4, 0.5) is 10.1 Å². The molecule has 0 bridgehead atoms. The van der Waals surface area contributed by atoms with Gasteiger partial charge in [0.2, 0.25) is 0 Å². The van der Waals surface area contributed by atoms with E-state index in [0.717, 1.165) is 43.3 Å². The smallest absolute Gasteiger partial charge is 0.173 e. The highest BCUT2D eigenvalue weighted by Gasteiger charge is 2.31. The number of benzene rings is 2. The Morgan fingerprint density at radius 2 is 1.75 bits per heavy atom. The van der Waals surface area contributed by atoms with Crippen LogP contribution in [0.25, 0.3) is 0 Å². The van der Waals surface area contributed by atoms with E-state index in [0.29, 0.717) is 12.2 Å².